The second-order valence-corrected chi connectivity index (χ2v) is 3.00. The van der Waals surface area contributed by atoms with Crippen LogP contribution < -0.4 is 0 Å². The Bertz CT molecular complexity index is 94.9. The number of rotatable bonds is 0. The molecule has 0 unspecified atom stereocenters. The first-order valence-corrected chi connectivity index (χ1v) is 4.69. The van der Waals surface area contributed by atoms with E-state index in [9.17, 15) is 0 Å². The van der Waals surface area contributed by atoms with Gasteiger partial charge < -0.3 is 0 Å². The molecule has 0 atom stereocenters. The van der Waals surface area contributed by atoms with E-state index < -0.39 is 19.0 Å². The molecule has 0 aromatic heterocycles. The molecule has 0 heterocycles. The summed E-state index contributed by atoms with van der Waals surface area (Å²) in [6, 6.07) is 0. The third-order valence-corrected chi connectivity index (χ3v) is 0. The Kier molecular flexibility index (Phi) is 14.7. The van der Waals surface area contributed by atoms with Gasteiger partial charge in [-0.1, -0.05) is 0 Å². The molecule has 42 valence electrons. The van der Waals surface area contributed by atoms with Crippen LogP contribution in [-0.4, -0.2) is 63.7 Å². The van der Waals surface area contributed by atoms with Crippen molar-refractivity contribution >= 4 is 56.7 Å². The molecule has 0 spiro atoms. The minimum atomic E-state index is -5.52. The standard InChI is InChI=1S/Ca.Mo.H2O4Te.2H/c;;1-5(2,3)4;;/h;;(H2,1,2,3,4);;. The fourth-order valence-electron chi connectivity index (χ4n) is 0. The summed E-state index contributed by atoms with van der Waals surface area (Å²) < 4.78 is 32.0. The van der Waals surface area contributed by atoms with Crippen molar-refractivity contribution in [1.29, 1.82) is 0 Å². The van der Waals surface area contributed by atoms with Gasteiger partial charge in [0.1, 0.15) is 0 Å². The van der Waals surface area contributed by atoms with E-state index in [-0.39, 0.29) is 58.8 Å². The predicted molar refractivity (Wildman–Crippen MR) is 20.1 cm³/mol. The molecule has 0 saturated heterocycles. The van der Waals surface area contributed by atoms with Crippen molar-refractivity contribution in [3.63, 3.8) is 0 Å². The molecule has 0 aliphatic rings. The zero-order valence-corrected chi connectivity index (χ0v) is 6.86. The maximum Gasteiger partial charge on any atom is 0 e. The maximum absolute atomic E-state index is 8.85. The number of hydrogen-bond acceptors (Lipinski definition) is 2. The largest absolute Gasteiger partial charge is 0 e. The molecular formula is H4CaMoO4Te. The van der Waals surface area contributed by atoms with Crippen molar-refractivity contribution in [3.8, 4) is 0 Å². The van der Waals surface area contributed by atoms with Crippen LogP contribution in [0.1, 0.15) is 0 Å². The van der Waals surface area contributed by atoms with E-state index >= 15 is 0 Å². The molecule has 0 radical (unpaired) electrons. The van der Waals surface area contributed by atoms with Gasteiger partial charge in [0.05, 0.1) is 0 Å². The van der Waals surface area contributed by atoms with Gasteiger partial charge in [0.15, 0.2) is 0 Å². The Balaban J connectivity index is -0.0000000800. The third kappa shape index (κ3) is 63.4. The average molecular weight is 332 g/mol. The SMILES string of the molecule is O=[Te](=O)(O)O.[CaH2].[Mo]. The molecule has 0 aliphatic carbocycles. The van der Waals surface area contributed by atoms with Crippen molar-refractivity contribution in [1.82, 2.24) is 0 Å². The van der Waals surface area contributed by atoms with Gasteiger partial charge in [-0.05, 0) is 0 Å². The van der Waals surface area contributed by atoms with Crippen LogP contribution in [-0.2, 0) is 27.3 Å². The van der Waals surface area contributed by atoms with E-state index in [2.05, 4.69) is 0 Å². The molecule has 0 aromatic carbocycles. The van der Waals surface area contributed by atoms with Gasteiger partial charge in [0.25, 0.3) is 0 Å². The molecular weight excluding hydrogens is 328 g/mol. The molecule has 4 nitrogen and oxygen atoms in total. The second-order valence-electron chi connectivity index (χ2n) is 0.448. The Morgan fingerprint density at radius 3 is 1.14 bits per heavy atom. The Labute approximate surface area is 89.2 Å². The summed E-state index contributed by atoms with van der Waals surface area (Å²) in [5.41, 5.74) is 0. The molecule has 7 heteroatoms. The van der Waals surface area contributed by atoms with Crippen LogP contribution in [0, 0.1) is 0 Å². The quantitative estimate of drug-likeness (QED) is 0.476. The van der Waals surface area contributed by atoms with Gasteiger partial charge in [0, 0.05) is 21.1 Å². The van der Waals surface area contributed by atoms with Gasteiger partial charge in [0.2, 0.25) is 0 Å². The van der Waals surface area contributed by atoms with Crippen LogP contribution in [0.3, 0.4) is 0 Å². The normalized spacial score (nSPS) is 8.29. The van der Waals surface area contributed by atoms with Crippen LogP contribution in [0.2, 0.25) is 0 Å². The molecule has 7 heavy (non-hydrogen) atoms. The van der Waals surface area contributed by atoms with E-state index in [1.165, 1.54) is 0 Å². The summed E-state index contributed by atoms with van der Waals surface area (Å²) >= 11 is -5.52. The fourth-order valence-corrected chi connectivity index (χ4v) is 0. The zero-order valence-electron chi connectivity index (χ0n) is 2.53. The summed E-state index contributed by atoms with van der Waals surface area (Å²) in [4.78, 5) is 0. The minimum Gasteiger partial charge on any atom is 0 e. The first-order chi connectivity index (χ1) is 2.00. The molecule has 0 aliphatic heterocycles. The van der Waals surface area contributed by atoms with Gasteiger partial charge in [-0.25, -0.2) is 0 Å². The Morgan fingerprint density at radius 1 is 1.14 bits per heavy atom. The summed E-state index contributed by atoms with van der Waals surface area (Å²) in [5.74, 6) is 0. The fraction of sp³-hybridized carbons (Fsp3) is 0. The first kappa shape index (κ1) is 16.1. The minimum absolute atomic E-state index is 0. The van der Waals surface area contributed by atoms with E-state index in [0.717, 1.165) is 0 Å². The van der Waals surface area contributed by atoms with Gasteiger partial charge >= 0.3 is 69.9 Å². The first-order valence-electron chi connectivity index (χ1n) is 0.698. The molecule has 0 rings (SSSR count). The van der Waals surface area contributed by atoms with Crippen LogP contribution >= 0.6 is 0 Å². The van der Waals surface area contributed by atoms with Crippen LogP contribution in [0.5, 0.6) is 0 Å². The van der Waals surface area contributed by atoms with Gasteiger partial charge in [-0.15, -0.1) is 0 Å². The third-order valence-electron chi connectivity index (χ3n) is 0. The predicted octanol–water partition coefficient (Wildman–Crippen LogP) is -2.65. The molecule has 2 N–H and O–H groups in total. The van der Waals surface area contributed by atoms with Crippen LogP contribution in [0.15, 0.2) is 0 Å². The van der Waals surface area contributed by atoms with E-state index in [1.807, 2.05) is 0 Å². The maximum atomic E-state index is 8.85. The second kappa shape index (κ2) is 6.38. The van der Waals surface area contributed by atoms with Crippen molar-refractivity contribution in [2.45, 2.75) is 0 Å². The Hall–Kier alpha value is 2.26. The van der Waals surface area contributed by atoms with Gasteiger partial charge in [-0.3, -0.25) is 0 Å². The molecule has 0 bridgehead atoms. The molecule has 0 amide bonds. The van der Waals surface area contributed by atoms with Gasteiger partial charge in [-0.2, -0.15) is 0 Å². The monoisotopic (exact) mass is 336 g/mol. The van der Waals surface area contributed by atoms with E-state index in [1.54, 1.807) is 0 Å². The zero-order chi connectivity index (χ0) is 4.50. The number of hydrogen-bond donors (Lipinski definition) is 2. The van der Waals surface area contributed by atoms with Crippen molar-refractivity contribution in [2.75, 3.05) is 0 Å². The Morgan fingerprint density at radius 2 is 1.14 bits per heavy atom. The van der Waals surface area contributed by atoms with Crippen molar-refractivity contribution < 1.29 is 34.2 Å². The van der Waals surface area contributed by atoms with Crippen LogP contribution in [0.25, 0.3) is 0 Å². The summed E-state index contributed by atoms with van der Waals surface area (Å²) in [6.07, 6.45) is 0. The summed E-state index contributed by atoms with van der Waals surface area (Å²) in [5, 5.41) is 0. The van der Waals surface area contributed by atoms with Crippen LogP contribution in [0.4, 0.5) is 0 Å². The average Bonchev–Trinajstić information content (AvgIpc) is 0.722. The molecule has 0 aromatic rings. The van der Waals surface area contributed by atoms with Crippen molar-refractivity contribution in [2.24, 2.45) is 0 Å². The molecule has 0 fully saturated rings. The van der Waals surface area contributed by atoms with E-state index in [4.69, 9.17) is 13.2 Å². The molecule has 0 saturated carbocycles. The topological polar surface area (TPSA) is 74.6 Å². The summed E-state index contributed by atoms with van der Waals surface area (Å²) in [7, 11) is 0. The van der Waals surface area contributed by atoms with Crippen molar-refractivity contribution in [3.05, 3.63) is 0 Å². The van der Waals surface area contributed by atoms with E-state index in [0.29, 0.717) is 0 Å². The summed E-state index contributed by atoms with van der Waals surface area (Å²) in [6.45, 7) is 0. The smallest absolute Gasteiger partial charge is 0 e.